The van der Waals surface area contributed by atoms with Crippen LogP contribution in [0.25, 0.3) is 0 Å². The normalized spacial score (nSPS) is 34.1. The fraction of sp³-hybridized carbons (Fsp3) is 1.00. The second-order valence-corrected chi connectivity index (χ2v) is 5.14. The molecule has 2 saturated heterocycles. The van der Waals surface area contributed by atoms with E-state index in [-0.39, 0.29) is 0 Å². The van der Waals surface area contributed by atoms with Gasteiger partial charge in [-0.05, 0) is 26.3 Å². The molecule has 4 nitrogen and oxygen atoms in total. The van der Waals surface area contributed by atoms with Crippen molar-refractivity contribution in [3.8, 4) is 0 Å². The van der Waals surface area contributed by atoms with Crippen molar-refractivity contribution in [3.05, 3.63) is 0 Å². The van der Waals surface area contributed by atoms with E-state index in [1.54, 1.807) is 0 Å². The van der Waals surface area contributed by atoms with Gasteiger partial charge in [0.25, 0.3) is 0 Å². The van der Waals surface area contributed by atoms with Crippen LogP contribution in [-0.2, 0) is 4.74 Å². The number of nitrogens with zero attached hydrogens (tertiary/aromatic N) is 2. The van der Waals surface area contributed by atoms with Crippen molar-refractivity contribution < 1.29 is 4.74 Å². The second kappa shape index (κ2) is 5.96. The zero-order valence-corrected chi connectivity index (χ0v) is 10.4. The highest BCUT2D eigenvalue weighted by atomic mass is 16.5. The zero-order chi connectivity index (χ0) is 11.4. The number of rotatable bonds is 3. The van der Waals surface area contributed by atoms with Crippen LogP contribution in [0.3, 0.4) is 0 Å². The van der Waals surface area contributed by atoms with Crippen molar-refractivity contribution in [3.63, 3.8) is 0 Å². The summed E-state index contributed by atoms with van der Waals surface area (Å²) in [5, 5.41) is 0. The largest absolute Gasteiger partial charge is 0.377 e. The van der Waals surface area contributed by atoms with Crippen LogP contribution in [-0.4, -0.2) is 68.3 Å². The van der Waals surface area contributed by atoms with Crippen molar-refractivity contribution in [1.29, 1.82) is 0 Å². The van der Waals surface area contributed by atoms with Gasteiger partial charge in [0.15, 0.2) is 0 Å². The van der Waals surface area contributed by atoms with Gasteiger partial charge in [-0.1, -0.05) is 0 Å². The smallest absolute Gasteiger partial charge is 0.0702 e. The van der Waals surface area contributed by atoms with E-state index >= 15 is 0 Å². The number of ether oxygens (including phenoxy) is 1. The molecule has 2 aliphatic rings. The van der Waals surface area contributed by atoms with Crippen LogP contribution >= 0.6 is 0 Å². The lowest BCUT2D eigenvalue weighted by Crippen LogP contribution is -2.56. The fourth-order valence-electron chi connectivity index (χ4n) is 2.73. The molecule has 2 aliphatic heterocycles. The molecule has 0 aromatic carbocycles. The van der Waals surface area contributed by atoms with Crippen LogP contribution < -0.4 is 5.73 Å². The Morgan fingerprint density at radius 3 is 2.88 bits per heavy atom. The first-order chi connectivity index (χ1) is 7.79. The van der Waals surface area contributed by atoms with Crippen molar-refractivity contribution >= 4 is 0 Å². The van der Waals surface area contributed by atoms with Gasteiger partial charge in [-0.3, -0.25) is 4.90 Å². The van der Waals surface area contributed by atoms with E-state index in [0.717, 1.165) is 39.3 Å². The Labute approximate surface area is 98.7 Å². The van der Waals surface area contributed by atoms with E-state index in [1.807, 2.05) is 0 Å². The Morgan fingerprint density at radius 1 is 1.31 bits per heavy atom. The second-order valence-electron chi connectivity index (χ2n) is 5.14. The third kappa shape index (κ3) is 3.17. The lowest BCUT2D eigenvalue weighted by atomic mass is 10.1. The summed E-state index contributed by atoms with van der Waals surface area (Å²) >= 11 is 0. The summed E-state index contributed by atoms with van der Waals surface area (Å²) in [6, 6.07) is 0.518. The molecule has 0 saturated carbocycles. The maximum absolute atomic E-state index is 5.85. The first kappa shape index (κ1) is 12.3. The number of nitrogens with two attached hydrogens (primary N) is 1. The van der Waals surface area contributed by atoms with Gasteiger partial charge in [-0.25, -0.2) is 0 Å². The monoisotopic (exact) mass is 227 g/mol. The summed E-state index contributed by atoms with van der Waals surface area (Å²) in [5.41, 5.74) is 5.85. The van der Waals surface area contributed by atoms with E-state index in [1.165, 1.54) is 19.3 Å². The number of piperazine rings is 1. The molecule has 2 heterocycles. The summed E-state index contributed by atoms with van der Waals surface area (Å²) in [4.78, 5) is 4.89. The first-order valence-corrected chi connectivity index (χ1v) is 6.54. The Bertz CT molecular complexity index is 206. The van der Waals surface area contributed by atoms with Gasteiger partial charge in [0.1, 0.15) is 0 Å². The number of hydrogen-bond donors (Lipinski definition) is 1. The summed E-state index contributed by atoms with van der Waals surface area (Å²) in [7, 11) is 2.18. The average molecular weight is 227 g/mol. The molecule has 0 aromatic heterocycles. The Balaban J connectivity index is 1.82. The average Bonchev–Trinajstić information content (AvgIpc) is 2.33. The lowest BCUT2D eigenvalue weighted by molar-refractivity contribution is -0.0250. The van der Waals surface area contributed by atoms with Crippen LogP contribution in [0, 0.1) is 0 Å². The predicted molar refractivity (Wildman–Crippen MR) is 65.5 cm³/mol. The van der Waals surface area contributed by atoms with Crippen molar-refractivity contribution in [1.82, 2.24) is 9.80 Å². The molecular weight excluding hydrogens is 202 g/mol. The van der Waals surface area contributed by atoms with Gasteiger partial charge in [0.05, 0.1) is 6.10 Å². The Hall–Kier alpha value is -0.160. The van der Waals surface area contributed by atoms with E-state index in [4.69, 9.17) is 10.5 Å². The molecule has 0 bridgehead atoms. The fourth-order valence-corrected chi connectivity index (χ4v) is 2.73. The lowest BCUT2D eigenvalue weighted by Gasteiger charge is -2.41. The van der Waals surface area contributed by atoms with Gasteiger partial charge in [0.2, 0.25) is 0 Å². The van der Waals surface area contributed by atoms with Crippen LogP contribution in [0.4, 0.5) is 0 Å². The maximum Gasteiger partial charge on any atom is 0.0702 e. The molecule has 94 valence electrons. The molecule has 2 unspecified atom stereocenters. The number of likely N-dealkylation sites (N-methyl/N-ethyl adjacent to an activating group) is 1. The SMILES string of the molecule is CN1CCN(CC2CCCCO2)C(CN)C1. The third-order valence-corrected chi connectivity index (χ3v) is 3.79. The number of hydrogen-bond acceptors (Lipinski definition) is 4. The third-order valence-electron chi connectivity index (χ3n) is 3.79. The van der Waals surface area contributed by atoms with Crippen LogP contribution in [0.5, 0.6) is 0 Å². The molecule has 0 radical (unpaired) electrons. The molecule has 2 N–H and O–H groups in total. The molecule has 2 fully saturated rings. The minimum Gasteiger partial charge on any atom is -0.377 e. The molecule has 0 spiro atoms. The van der Waals surface area contributed by atoms with Gasteiger partial charge >= 0.3 is 0 Å². The highest BCUT2D eigenvalue weighted by Crippen LogP contribution is 2.16. The van der Waals surface area contributed by atoms with Crippen molar-refractivity contribution in [2.45, 2.75) is 31.4 Å². The quantitative estimate of drug-likeness (QED) is 0.744. The van der Waals surface area contributed by atoms with Crippen LogP contribution in [0.1, 0.15) is 19.3 Å². The molecular formula is C12H25N3O. The minimum atomic E-state index is 0.450. The summed E-state index contributed by atoms with van der Waals surface area (Å²) < 4.78 is 5.80. The summed E-state index contributed by atoms with van der Waals surface area (Å²) in [6.45, 7) is 6.18. The highest BCUT2D eigenvalue weighted by Gasteiger charge is 2.27. The highest BCUT2D eigenvalue weighted by molar-refractivity contribution is 4.83. The Morgan fingerprint density at radius 2 is 2.19 bits per heavy atom. The summed E-state index contributed by atoms with van der Waals surface area (Å²) in [6.07, 6.45) is 4.24. The van der Waals surface area contributed by atoms with Gasteiger partial charge in [-0.2, -0.15) is 0 Å². The topological polar surface area (TPSA) is 41.7 Å². The van der Waals surface area contributed by atoms with E-state index in [0.29, 0.717) is 12.1 Å². The molecule has 0 aromatic rings. The Kier molecular flexibility index (Phi) is 4.58. The minimum absolute atomic E-state index is 0.450. The van der Waals surface area contributed by atoms with Gasteiger partial charge in [0, 0.05) is 45.4 Å². The molecule has 2 rings (SSSR count). The van der Waals surface area contributed by atoms with Crippen molar-refractivity contribution in [2.75, 3.05) is 46.4 Å². The van der Waals surface area contributed by atoms with E-state index in [9.17, 15) is 0 Å². The molecule has 0 aliphatic carbocycles. The standard InChI is InChI=1S/C12H25N3O/c1-14-5-6-15(11(8-13)9-14)10-12-4-2-3-7-16-12/h11-12H,2-10,13H2,1H3. The zero-order valence-electron chi connectivity index (χ0n) is 10.4. The molecule has 4 heteroatoms. The summed E-state index contributed by atoms with van der Waals surface area (Å²) in [5.74, 6) is 0. The predicted octanol–water partition coefficient (Wildman–Crippen LogP) is 0.130. The van der Waals surface area contributed by atoms with Gasteiger partial charge < -0.3 is 15.4 Å². The molecule has 0 amide bonds. The molecule has 2 atom stereocenters. The molecule has 16 heavy (non-hydrogen) atoms. The van der Waals surface area contributed by atoms with E-state index in [2.05, 4.69) is 16.8 Å². The maximum atomic E-state index is 5.85. The van der Waals surface area contributed by atoms with Crippen LogP contribution in [0.2, 0.25) is 0 Å². The van der Waals surface area contributed by atoms with Crippen LogP contribution in [0.15, 0.2) is 0 Å². The van der Waals surface area contributed by atoms with Crippen molar-refractivity contribution in [2.24, 2.45) is 5.73 Å². The van der Waals surface area contributed by atoms with E-state index < -0.39 is 0 Å². The first-order valence-electron chi connectivity index (χ1n) is 6.54. The van der Waals surface area contributed by atoms with Gasteiger partial charge in [-0.15, -0.1) is 0 Å².